The Labute approximate surface area is 191 Å². The van der Waals surface area contributed by atoms with E-state index in [9.17, 15) is 9.59 Å². The summed E-state index contributed by atoms with van der Waals surface area (Å²) in [4.78, 5) is 19.1. The summed E-state index contributed by atoms with van der Waals surface area (Å²) in [5.74, 6) is -1.61. The second-order valence-corrected chi connectivity index (χ2v) is 7.39. The highest BCUT2D eigenvalue weighted by atomic mass is 16.5. The maximum absolute atomic E-state index is 9.55. The van der Waals surface area contributed by atoms with Crippen LogP contribution in [0.25, 0.3) is 21.8 Å². The molecule has 0 aliphatic rings. The first-order valence-corrected chi connectivity index (χ1v) is 10.4. The van der Waals surface area contributed by atoms with E-state index in [2.05, 4.69) is 72.2 Å². The molecule has 0 aliphatic carbocycles. The van der Waals surface area contributed by atoms with Crippen LogP contribution in [0.4, 0.5) is 0 Å². The van der Waals surface area contributed by atoms with Crippen molar-refractivity contribution in [2.24, 2.45) is 5.73 Å². The molecule has 0 bridgehead atoms. The monoisotopic (exact) mass is 446 g/mol. The van der Waals surface area contributed by atoms with Gasteiger partial charge in [-0.25, -0.2) is 9.59 Å². The summed E-state index contributed by atoms with van der Waals surface area (Å²) in [6, 6.07) is 23.5. The van der Waals surface area contributed by atoms with Crippen molar-refractivity contribution >= 4 is 33.7 Å². The van der Waals surface area contributed by atoms with Gasteiger partial charge in [-0.3, -0.25) is 0 Å². The highest BCUT2D eigenvalue weighted by Crippen LogP contribution is 2.36. The summed E-state index contributed by atoms with van der Waals surface area (Å²) in [6.07, 6.45) is 1.12. The number of para-hydroxylation sites is 1. The summed E-state index contributed by atoms with van der Waals surface area (Å²) in [6.45, 7) is 4.01. The molecule has 0 atom stereocenters. The molecule has 0 saturated heterocycles. The number of hydrogen-bond acceptors (Lipinski definition) is 4. The Morgan fingerprint density at radius 1 is 0.939 bits per heavy atom. The number of carboxylic acids is 2. The van der Waals surface area contributed by atoms with Gasteiger partial charge in [0.25, 0.3) is 0 Å². The van der Waals surface area contributed by atoms with Crippen LogP contribution in [0.2, 0.25) is 0 Å². The van der Waals surface area contributed by atoms with Crippen molar-refractivity contribution in [3.63, 3.8) is 0 Å². The predicted molar refractivity (Wildman–Crippen MR) is 129 cm³/mol. The van der Waals surface area contributed by atoms with Crippen LogP contribution in [-0.4, -0.2) is 39.9 Å². The number of nitrogens with zero attached hydrogens (tertiary/aromatic N) is 1. The number of aliphatic carboxylic acids is 2. The average molecular weight is 447 g/mol. The SMILES string of the molecule is Cc1cccc(Cn2c3ccccc3c3c(OCCN)cccc32)c1.O=C(O)/C=C/C(=O)O. The molecule has 0 amide bonds. The van der Waals surface area contributed by atoms with Crippen molar-refractivity contribution in [3.8, 4) is 5.75 Å². The summed E-state index contributed by atoms with van der Waals surface area (Å²) in [7, 11) is 0. The Kier molecular flexibility index (Phi) is 7.83. The third-order valence-corrected chi connectivity index (χ3v) is 4.93. The Hall–Kier alpha value is -4.10. The van der Waals surface area contributed by atoms with E-state index in [1.54, 1.807) is 0 Å². The van der Waals surface area contributed by atoms with E-state index in [0.717, 1.165) is 12.3 Å². The molecule has 0 radical (unpaired) electrons. The smallest absolute Gasteiger partial charge is 0.328 e. The Morgan fingerprint density at radius 2 is 1.61 bits per heavy atom. The lowest BCUT2D eigenvalue weighted by Gasteiger charge is -2.10. The molecular formula is C26H26N2O5. The van der Waals surface area contributed by atoms with Crippen LogP contribution >= 0.6 is 0 Å². The first kappa shape index (κ1) is 23.6. The Balaban J connectivity index is 0.000000331. The summed E-state index contributed by atoms with van der Waals surface area (Å²) < 4.78 is 8.29. The zero-order valence-electron chi connectivity index (χ0n) is 18.3. The van der Waals surface area contributed by atoms with Crippen molar-refractivity contribution in [1.29, 1.82) is 0 Å². The normalized spacial score (nSPS) is 10.8. The molecule has 0 aliphatic heterocycles. The standard InChI is InChI=1S/C22H22N2O.C4H4O4/c1-16-6-4-7-17(14-16)15-24-19-9-3-2-8-18(19)22-20(24)10-5-11-21(22)25-13-12-23;5-3(6)1-2-4(7)8/h2-11,14H,12-13,15,23H2,1H3;1-2H,(H,5,6)(H,7,8)/b;2-1+. The van der Waals surface area contributed by atoms with E-state index in [-0.39, 0.29) is 0 Å². The third-order valence-electron chi connectivity index (χ3n) is 4.93. The van der Waals surface area contributed by atoms with Gasteiger partial charge in [0.05, 0.1) is 5.52 Å². The van der Waals surface area contributed by atoms with Crippen LogP contribution in [0.3, 0.4) is 0 Å². The predicted octanol–water partition coefficient (Wildman–Crippen LogP) is 4.20. The van der Waals surface area contributed by atoms with Gasteiger partial charge in [0, 0.05) is 41.5 Å². The fraction of sp³-hybridized carbons (Fsp3) is 0.154. The third kappa shape index (κ3) is 5.99. The molecule has 170 valence electrons. The number of aryl methyl sites for hydroxylation is 1. The Morgan fingerprint density at radius 3 is 2.27 bits per heavy atom. The lowest BCUT2D eigenvalue weighted by atomic mass is 10.1. The molecule has 0 fully saturated rings. The number of fused-ring (bicyclic) bond motifs is 3. The van der Waals surface area contributed by atoms with E-state index in [1.165, 1.54) is 32.9 Å². The number of nitrogens with two attached hydrogens (primary N) is 1. The van der Waals surface area contributed by atoms with E-state index in [4.69, 9.17) is 20.7 Å². The van der Waals surface area contributed by atoms with Crippen LogP contribution in [0, 0.1) is 6.92 Å². The van der Waals surface area contributed by atoms with Crippen LogP contribution in [0.5, 0.6) is 5.75 Å². The molecule has 0 unspecified atom stereocenters. The quantitative estimate of drug-likeness (QED) is 0.367. The molecule has 0 saturated carbocycles. The summed E-state index contributed by atoms with van der Waals surface area (Å²) in [5, 5.41) is 18.0. The number of aromatic nitrogens is 1. The molecule has 4 rings (SSSR count). The van der Waals surface area contributed by atoms with E-state index < -0.39 is 11.9 Å². The molecule has 3 aromatic carbocycles. The minimum atomic E-state index is -1.26. The average Bonchev–Trinajstić information content (AvgIpc) is 3.11. The molecule has 33 heavy (non-hydrogen) atoms. The van der Waals surface area contributed by atoms with Crippen LogP contribution < -0.4 is 10.5 Å². The molecule has 1 heterocycles. The van der Waals surface area contributed by atoms with Crippen molar-refractivity contribution in [3.05, 3.63) is 90.0 Å². The molecule has 7 nitrogen and oxygen atoms in total. The molecule has 0 spiro atoms. The zero-order valence-corrected chi connectivity index (χ0v) is 18.3. The van der Waals surface area contributed by atoms with Gasteiger partial charge in [-0.2, -0.15) is 0 Å². The largest absolute Gasteiger partial charge is 0.492 e. The second kappa shape index (κ2) is 11.0. The highest BCUT2D eigenvalue weighted by molar-refractivity contribution is 6.11. The van der Waals surface area contributed by atoms with Crippen molar-refractivity contribution in [2.45, 2.75) is 13.5 Å². The number of carbonyl (C=O) groups is 2. The zero-order chi connectivity index (χ0) is 23.8. The number of benzene rings is 3. The maximum Gasteiger partial charge on any atom is 0.328 e. The van der Waals surface area contributed by atoms with Gasteiger partial charge in [0.1, 0.15) is 12.4 Å². The van der Waals surface area contributed by atoms with E-state index in [1.807, 2.05) is 6.07 Å². The van der Waals surface area contributed by atoms with Crippen LogP contribution in [0.15, 0.2) is 78.9 Å². The lowest BCUT2D eigenvalue weighted by Crippen LogP contribution is -2.10. The van der Waals surface area contributed by atoms with Gasteiger partial charge in [0.2, 0.25) is 0 Å². The first-order valence-electron chi connectivity index (χ1n) is 10.4. The lowest BCUT2D eigenvalue weighted by molar-refractivity contribution is -0.134. The molecule has 4 N–H and O–H groups in total. The van der Waals surface area contributed by atoms with Gasteiger partial charge in [-0.1, -0.05) is 54.1 Å². The highest BCUT2D eigenvalue weighted by Gasteiger charge is 2.14. The minimum Gasteiger partial charge on any atom is -0.492 e. The second-order valence-electron chi connectivity index (χ2n) is 7.39. The van der Waals surface area contributed by atoms with Gasteiger partial charge in [-0.05, 0) is 30.7 Å². The van der Waals surface area contributed by atoms with E-state index in [0.29, 0.717) is 25.3 Å². The van der Waals surface area contributed by atoms with Crippen LogP contribution in [-0.2, 0) is 16.1 Å². The molecule has 4 aromatic rings. The minimum absolute atomic E-state index is 0.512. The summed E-state index contributed by atoms with van der Waals surface area (Å²) in [5.41, 5.74) is 10.6. The fourth-order valence-corrected chi connectivity index (χ4v) is 3.66. The van der Waals surface area contributed by atoms with Gasteiger partial charge >= 0.3 is 11.9 Å². The summed E-state index contributed by atoms with van der Waals surface area (Å²) >= 11 is 0. The number of carboxylic acid groups (broad SMARTS) is 2. The number of rotatable bonds is 7. The topological polar surface area (TPSA) is 115 Å². The van der Waals surface area contributed by atoms with Crippen LogP contribution in [0.1, 0.15) is 11.1 Å². The van der Waals surface area contributed by atoms with E-state index >= 15 is 0 Å². The van der Waals surface area contributed by atoms with Crippen molar-refractivity contribution in [2.75, 3.05) is 13.2 Å². The maximum atomic E-state index is 9.55. The van der Waals surface area contributed by atoms with Crippen molar-refractivity contribution in [1.82, 2.24) is 4.57 Å². The first-order chi connectivity index (χ1) is 15.9. The van der Waals surface area contributed by atoms with Crippen molar-refractivity contribution < 1.29 is 24.5 Å². The van der Waals surface area contributed by atoms with Gasteiger partial charge in [-0.15, -0.1) is 0 Å². The Bertz CT molecular complexity index is 1290. The molecular weight excluding hydrogens is 420 g/mol. The molecule has 7 heteroatoms. The van der Waals surface area contributed by atoms with Gasteiger partial charge in [0.15, 0.2) is 0 Å². The van der Waals surface area contributed by atoms with Gasteiger partial charge < -0.3 is 25.3 Å². The number of hydrogen-bond donors (Lipinski definition) is 3. The fourth-order valence-electron chi connectivity index (χ4n) is 3.66. The molecule has 1 aromatic heterocycles. The number of ether oxygens (including phenoxy) is 1.